The molecule has 3 atom stereocenters. The van der Waals surface area contributed by atoms with Crippen molar-refractivity contribution in [2.75, 3.05) is 26.9 Å². The Balaban J connectivity index is 2.57. The van der Waals surface area contributed by atoms with E-state index in [1.165, 1.54) is 0 Å². The lowest BCUT2D eigenvalue weighted by Gasteiger charge is -2.29. The standard InChI is InChI=1S/C11H22N2O3/c1-4-11(2,7-14)13-10(15)8-5-16-6-9(8)12-3/h8-9,12,14H,4-7H2,1-3H3,(H,13,15). The largest absolute Gasteiger partial charge is 0.394 e. The molecule has 1 amide bonds. The molecule has 0 aromatic rings. The second kappa shape index (κ2) is 5.61. The number of ether oxygens (including phenoxy) is 1. The van der Waals surface area contributed by atoms with Gasteiger partial charge in [-0.2, -0.15) is 0 Å². The fourth-order valence-corrected chi connectivity index (χ4v) is 1.73. The predicted octanol–water partition coefficient (Wildman–Crippen LogP) is -0.502. The Labute approximate surface area is 96.6 Å². The first kappa shape index (κ1) is 13.4. The fraction of sp³-hybridized carbons (Fsp3) is 0.909. The van der Waals surface area contributed by atoms with Crippen molar-refractivity contribution < 1.29 is 14.6 Å². The number of likely N-dealkylation sites (N-methyl/N-ethyl adjacent to an activating group) is 1. The normalized spacial score (nSPS) is 28.8. The van der Waals surface area contributed by atoms with E-state index < -0.39 is 5.54 Å². The lowest BCUT2D eigenvalue weighted by atomic mass is 9.96. The van der Waals surface area contributed by atoms with Crippen LogP contribution in [0.4, 0.5) is 0 Å². The Morgan fingerprint density at radius 2 is 2.25 bits per heavy atom. The average Bonchev–Trinajstić information content (AvgIpc) is 2.76. The van der Waals surface area contributed by atoms with Crippen LogP contribution in [0.5, 0.6) is 0 Å². The smallest absolute Gasteiger partial charge is 0.227 e. The molecule has 1 fully saturated rings. The van der Waals surface area contributed by atoms with Crippen LogP contribution < -0.4 is 10.6 Å². The van der Waals surface area contributed by atoms with E-state index in [0.29, 0.717) is 19.6 Å². The van der Waals surface area contributed by atoms with E-state index in [1.54, 1.807) is 0 Å². The van der Waals surface area contributed by atoms with Crippen LogP contribution in [0.2, 0.25) is 0 Å². The van der Waals surface area contributed by atoms with Gasteiger partial charge in [0, 0.05) is 6.04 Å². The molecule has 5 nitrogen and oxygen atoms in total. The summed E-state index contributed by atoms with van der Waals surface area (Å²) in [5, 5.41) is 15.2. The van der Waals surface area contributed by atoms with Gasteiger partial charge in [-0.3, -0.25) is 4.79 Å². The highest BCUT2D eigenvalue weighted by atomic mass is 16.5. The number of carbonyl (C=O) groups is 1. The van der Waals surface area contributed by atoms with E-state index in [-0.39, 0.29) is 24.5 Å². The third kappa shape index (κ3) is 2.93. The number of carbonyl (C=O) groups excluding carboxylic acids is 1. The summed E-state index contributed by atoms with van der Waals surface area (Å²) in [5.41, 5.74) is -0.530. The zero-order chi connectivity index (χ0) is 12.2. The summed E-state index contributed by atoms with van der Waals surface area (Å²) in [6, 6.07) is 0.0693. The van der Waals surface area contributed by atoms with Gasteiger partial charge in [0.1, 0.15) is 0 Å². The third-order valence-corrected chi connectivity index (χ3v) is 3.34. The zero-order valence-corrected chi connectivity index (χ0v) is 10.2. The summed E-state index contributed by atoms with van der Waals surface area (Å²) >= 11 is 0. The van der Waals surface area contributed by atoms with Crippen LogP contribution in [-0.2, 0) is 9.53 Å². The van der Waals surface area contributed by atoms with Gasteiger partial charge in [-0.1, -0.05) is 6.92 Å². The molecule has 1 aliphatic rings. The van der Waals surface area contributed by atoms with Crippen LogP contribution in [0.1, 0.15) is 20.3 Å². The second-order valence-electron chi connectivity index (χ2n) is 4.60. The van der Waals surface area contributed by atoms with Gasteiger partial charge in [0.25, 0.3) is 0 Å². The van der Waals surface area contributed by atoms with Crippen molar-refractivity contribution in [2.45, 2.75) is 31.8 Å². The molecular weight excluding hydrogens is 208 g/mol. The Morgan fingerprint density at radius 1 is 1.56 bits per heavy atom. The second-order valence-corrected chi connectivity index (χ2v) is 4.60. The summed E-state index contributed by atoms with van der Waals surface area (Å²) in [6.45, 7) is 4.75. The van der Waals surface area contributed by atoms with E-state index in [9.17, 15) is 9.90 Å². The summed E-state index contributed by atoms with van der Waals surface area (Å²) in [6.07, 6.45) is 0.701. The average molecular weight is 230 g/mol. The molecule has 0 aromatic heterocycles. The van der Waals surface area contributed by atoms with Crippen molar-refractivity contribution in [2.24, 2.45) is 5.92 Å². The maximum absolute atomic E-state index is 12.0. The summed E-state index contributed by atoms with van der Waals surface area (Å²) in [5.74, 6) is -0.210. The van der Waals surface area contributed by atoms with Gasteiger partial charge in [0.2, 0.25) is 5.91 Å². The maximum Gasteiger partial charge on any atom is 0.227 e. The monoisotopic (exact) mass is 230 g/mol. The first-order valence-corrected chi connectivity index (χ1v) is 5.74. The minimum atomic E-state index is -0.530. The van der Waals surface area contributed by atoms with Gasteiger partial charge in [-0.15, -0.1) is 0 Å². The van der Waals surface area contributed by atoms with E-state index in [2.05, 4.69) is 10.6 Å². The molecule has 16 heavy (non-hydrogen) atoms. The molecule has 1 aliphatic heterocycles. The Hall–Kier alpha value is -0.650. The van der Waals surface area contributed by atoms with Crippen LogP contribution in [0.15, 0.2) is 0 Å². The van der Waals surface area contributed by atoms with Crippen molar-refractivity contribution in [3.8, 4) is 0 Å². The fourth-order valence-electron chi connectivity index (χ4n) is 1.73. The minimum Gasteiger partial charge on any atom is -0.394 e. The number of aliphatic hydroxyl groups is 1. The first-order chi connectivity index (χ1) is 7.56. The summed E-state index contributed by atoms with van der Waals surface area (Å²) in [4.78, 5) is 12.0. The molecule has 0 bridgehead atoms. The molecule has 1 saturated heterocycles. The number of hydrogen-bond acceptors (Lipinski definition) is 4. The molecule has 3 N–H and O–H groups in total. The summed E-state index contributed by atoms with van der Waals surface area (Å²) in [7, 11) is 1.82. The van der Waals surface area contributed by atoms with Crippen molar-refractivity contribution in [3.63, 3.8) is 0 Å². The van der Waals surface area contributed by atoms with Crippen molar-refractivity contribution >= 4 is 5.91 Å². The molecule has 0 radical (unpaired) electrons. The third-order valence-electron chi connectivity index (χ3n) is 3.34. The highest BCUT2D eigenvalue weighted by Gasteiger charge is 2.35. The number of rotatable bonds is 5. The van der Waals surface area contributed by atoms with Crippen LogP contribution in [-0.4, -0.2) is 49.5 Å². The van der Waals surface area contributed by atoms with E-state index >= 15 is 0 Å². The van der Waals surface area contributed by atoms with E-state index in [0.717, 1.165) is 0 Å². The Bertz CT molecular complexity index is 241. The van der Waals surface area contributed by atoms with Crippen LogP contribution in [0.25, 0.3) is 0 Å². The maximum atomic E-state index is 12.0. The van der Waals surface area contributed by atoms with Gasteiger partial charge in [-0.25, -0.2) is 0 Å². The predicted molar refractivity (Wildman–Crippen MR) is 61.1 cm³/mol. The number of amides is 1. The molecule has 0 spiro atoms. The first-order valence-electron chi connectivity index (χ1n) is 5.74. The number of aliphatic hydroxyl groups excluding tert-OH is 1. The van der Waals surface area contributed by atoms with E-state index in [4.69, 9.17) is 4.74 Å². The summed E-state index contributed by atoms with van der Waals surface area (Å²) < 4.78 is 5.28. The molecule has 3 unspecified atom stereocenters. The van der Waals surface area contributed by atoms with Crippen molar-refractivity contribution in [3.05, 3.63) is 0 Å². The topological polar surface area (TPSA) is 70.6 Å². The number of nitrogens with one attached hydrogen (secondary N) is 2. The van der Waals surface area contributed by atoms with Gasteiger partial charge >= 0.3 is 0 Å². The molecular formula is C11H22N2O3. The quantitative estimate of drug-likeness (QED) is 0.595. The zero-order valence-electron chi connectivity index (χ0n) is 10.2. The highest BCUT2D eigenvalue weighted by molar-refractivity contribution is 5.80. The highest BCUT2D eigenvalue weighted by Crippen LogP contribution is 2.16. The Kier molecular flexibility index (Phi) is 4.70. The van der Waals surface area contributed by atoms with Gasteiger partial charge in [0.15, 0.2) is 0 Å². The van der Waals surface area contributed by atoms with Crippen LogP contribution in [0, 0.1) is 5.92 Å². The van der Waals surface area contributed by atoms with Crippen LogP contribution >= 0.6 is 0 Å². The van der Waals surface area contributed by atoms with Crippen LogP contribution in [0.3, 0.4) is 0 Å². The van der Waals surface area contributed by atoms with Gasteiger partial charge in [-0.05, 0) is 20.4 Å². The molecule has 0 aliphatic carbocycles. The molecule has 0 aromatic carbocycles. The SMILES string of the molecule is CCC(C)(CO)NC(=O)C1COCC1NC. The Morgan fingerprint density at radius 3 is 2.75 bits per heavy atom. The van der Waals surface area contributed by atoms with Crippen molar-refractivity contribution in [1.82, 2.24) is 10.6 Å². The van der Waals surface area contributed by atoms with Gasteiger partial charge < -0.3 is 20.5 Å². The molecule has 5 heteroatoms. The van der Waals surface area contributed by atoms with Crippen molar-refractivity contribution in [1.29, 1.82) is 0 Å². The molecule has 1 rings (SSSR count). The van der Waals surface area contributed by atoms with E-state index in [1.807, 2.05) is 20.9 Å². The van der Waals surface area contributed by atoms with Gasteiger partial charge in [0.05, 0.1) is 31.3 Å². The lowest BCUT2D eigenvalue weighted by molar-refractivity contribution is -0.127. The lowest BCUT2D eigenvalue weighted by Crippen LogP contribution is -2.53. The number of hydrogen-bond donors (Lipinski definition) is 3. The minimum absolute atomic E-state index is 0.0461. The molecule has 0 saturated carbocycles. The molecule has 1 heterocycles. The molecule has 94 valence electrons.